The van der Waals surface area contributed by atoms with Crippen LogP contribution in [0.25, 0.3) is 11.0 Å². The number of fused-ring (bicyclic) bond motifs is 1. The van der Waals surface area contributed by atoms with E-state index in [2.05, 4.69) is 10.3 Å². The van der Waals surface area contributed by atoms with E-state index in [1.54, 1.807) is 6.33 Å². The number of nitrogen functional groups attached to an aromatic ring is 1. The Morgan fingerprint density at radius 1 is 1.60 bits per heavy atom. The summed E-state index contributed by atoms with van der Waals surface area (Å²) in [5.74, 6) is 0.0680. The van der Waals surface area contributed by atoms with Crippen LogP contribution in [0.5, 0.6) is 0 Å². The molecule has 0 aliphatic rings. The highest BCUT2D eigenvalue weighted by molar-refractivity contribution is 6.05. The molecule has 0 saturated carbocycles. The van der Waals surface area contributed by atoms with E-state index >= 15 is 0 Å². The van der Waals surface area contributed by atoms with Gasteiger partial charge in [-0.3, -0.25) is 5.41 Å². The second-order valence-electron chi connectivity index (χ2n) is 3.31. The van der Waals surface area contributed by atoms with Gasteiger partial charge in [-0.2, -0.15) is 0 Å². The molecule has 5 nitrogen and oxygen atoms in total. The lowest BCUT2D eigenvalue weighted by atomic mass is 10.1. The van der Waals surface area contributed by atoms with E-state index in [1.807, 2.05) is 29.8 Å². The number of hydrogen-bond donors (Lipinski definition) is 3. The van der Waals surface area contributed by atoms with Gasteiger partial charge in [0, 0.05) is 5.56 Å². The predicted octanol–water partition coefficient (Wildman–Crippen LogP) is 0.497. The number of benzene rings is 1. The fourth-order valence-electron chi connectivity index (χ4n) is 1.63. The van der Waals surface area contributed by atoms with Crippen molar-refractivity contribution in [3.8, 4) is 0 Å². The van der Waals surface area contributed by atoms with Crippen molar-refractivity contribution < 1.29 is 0 Å². The average Bonchev–Trinajstić information content (AvgIpc) is 2.62. The Balaban J connectivity index is 2.69. The minimum Gasteiger partial charge on any atom is -0.384 e. The molecule has 0 aliphatic carbocycles. The minimum atomic E-state index is 0.0680. The van der Waals surface area contributed by atoms with Crippen molar-refractivity contribution >= 4 is 16.9 Å². The zero-order valence-electron chi connectivity index (χ0n) is 8.49. The summed E-state index contributed by atoms with van der Waals surface area (Å²) < 4.78 is 1.94. The van der Waals surface area contributed by atoms with Gasteiger partial charge in [0.15, 0.2) is 0 Å². The summed E-state index contributed by atoms with van der Waals surface area (Å²) in [4.78, 5) is 4.25. The van der Waals surface area contributed by atoms with E-state index in [4.69, 9.17) is 11.1 Å². The molecule has 0 saturated heterocycles. The minimum absolute atomic E-state index is 0.0680. The molecule has 2 aromatic rings. The molecule has 0 unspecified atom stereocenters. The van der Waals surface area contributed by atoms with Gasteiger partial charge in [-0.15, -0.1) is 0 Å². The summed E-state index contributed by atoms with van der Waals surface area (Å²) in [5, 5.41) is 10.5. The molecule has 2 rings (SSSR count). The van der Waals surface area contributed by atoms with Crippen molar-refractivity contribution in [2.75, 3.05) is 7.05 Å². The first-order valence-electron chi connectivity index (χ1n) is 4.67. The zero-order chi connectivity index (χ0) is 10.8. The van der Waals surface area contributed by atoms with Crippen molar-refractivity contribution in [2.24, 2.45) is 5.73 Å². The fourth-order valence-corrected chi connectivity index (χ4v) is 1.63. The number of para-hydroxylation sites is 1. The molecule has 0 amide bonds. The second-order valence-corrected chi connectivity index (χ2v) is 3.31. The number of hydrogen-bond acceptors (Lipinski definition) is 3. The van der Waals surface area contributed by atoms with E-state index in [0.29, 0.717) is 6.67 Å². The highest BCUT2D eigenvalue weighted by Crippen LogP contribution is 2.16. The Kier molecular flexibility index (Phi) is 2.39. The van der Waals surface area contributed by atoms with Crippen molar-refractivity contribution in [2.45, 2.75) is 6.67 Å². The molecule has 0 fully saturated rings. The maximum absolute atomic E-state index is 7.50. The first-order valence-corrected chi connectivity index (χ1v) is 4.67. The standard InChI is InChI=1S/C10H13N5/c1-13-5-15-6-14-8-4-2-3-7(9(8)15)10(11)12/h2-4,6,13H,5H2,1H3,(H3,11,12). The van der Waals surface area contributed by atoms with Gasteiger partial charge in [-0.25, -0.2) is 4.98 Å². The van der Waals surface area contributed by atoms with Gasteiger partial charge in [0.25, 0.3) is 0 Å². The van der Waals surface area contributed by atoms with Gasteiger partial charge in [0.2, 0.25) is 0 Å². The monoisotopic (exact) mass is 203 g/mol. The van der Waals surface area contributed by atoms with Crippen molar-refractivity contribution in [3.63, 3.8) is 0 Å². The van der Waals surface area contributed by atoms with Crippen LogP contribution in [0.3, 0.4) is 0 Å². The van der Waals surface area contributed by atoms with E-state index in [-0.39, 0.29) is 5.84 Å². The number of rotatable bonds is 3. The Bertz CT molecular complexity index is 499. The number of amidine groups is 1. The molecule has 15 heavy (non-hydrogen) atoms. The van der Waals surface area contributed by atoms with Gasteiger partial charge >= 0.3 is 0 Å². The number of nitrogens with two attached hydrogens (primary N) is 1. The third kappa shape index (κ3) is 1.57. The van der Waals surface area contributed by atoms with Crippen LogP contribution in [0.4, 0.5) is 0 Å². The van der Waals surface area contributed by atoms with E-state index < -0.39 is 0 Å². The lowest BCUT2D eigenvalue weighted by Crippen LogP contribution is -2.16. The Morgan fingerprint density at radius 2 is 2.40 bits per heavy atom. The fraction of sp³-hybridized carbons (Fsp3) is 0.200. The van der Waals surface area contributed by atoms with Crippen LogP contribution >= 0.6 is 0 Å². The van der Waals surface area contributed by atoms with Gasteiger partial charge in [-0.05, 0) is 19.2 Å². The molecule has 4 N–H and O–H groups in total. The molecule has 0 aliphatic heterocycles. The molecule has 78 valence electrons. The third-order valence-corrected chi connectivity index (χ3v) is 2.26. The topological polar surface area (TPSA) is 79.7 Å². The van der Waals surface area contributed by atoms with Crippen LogP contribution in [0, 0.1) is 5.41 Å². The van der Waals surface area contributed by atoms with Crippen molar-refractivity contribution in [1.82, 2.24) is 14.9 Å². The van der Waals surface area contributed by atoms with Crippen molar-refractivity contribution in [1.29, 1.82) is 5.41 Å². The first kappa shape index (κ1) is 9.67. The number of aromatic nitrogens is 2. The lowest BCUT2D eigenvalue weighted by Gasteiger charge is -2.06. The normalized spacial score (nSPS) is 10.7. The maximum Gasteiger partial charge on any atom is 0.124 e. The van der Waals surface area contributed by atoms with Crippen LogP contribution in [0.2, 0.25) is 0 Å². The number of nitrogens with zero attached hydrogens (tertiary/aromatic N) is 2. The molecule has 1 aromatic carbocycles. The third-order valence-electron chi connectivity index (χ3n) is 2.26. The van der Waals surface area contributed by atoms with E-state index in [9.17, 15) is 0 Å². The number of nitrogens with one attached hydrogen (secondary N) is 2. The molecule has 0 spiro atoms. The summed E-state index contributed by atoms with van der Waals surface area (Å²) in [5.41, 5.74) is 8.01. The second kappa shape index (κ2) is 3.70. The van der Waals surface area contributed by atoms with E-state index in [1.165, 1.54) is 0 Å². The van der Waals surface area contributed by atoms with Crippen LogP contribution in [-0.2, 0) is 6.67 Å². The summed E-state index contributed by atoms with van der Waals surface area (Å²) >= 11 is 0. The Labute approximate surface area is 87.4 Å². The van der Waals surface area contributed by atoms with Gasteiger partial charge < -0.3 is 15.6 Å². The summed E-state index contributed by atoms with van der Waals surface area (Å²) in [6.45, 7) is 0.654. The lowest BCUT2D eigenvalue weighted by molar-refractivity contribution is 0.632. The van der Waals surface area contributed by atoms with Crippen molar-refractivity contribution in [3.05, 3.63) is 30.1 Å². The average molecular weight is 203 g/mol. The molecule has 0 radical (unpaired) electrons. The smallest absolute Gasteiger partial charge is 0.124 e. The highest BCUT2D eigenvalue weighted by Gasteiger charge is 2.08. The molecular weight excluding hydrogens is 190 g/mol. The van der Waals surface area contributed by atoms with Crippen LogP contribution < -0.4 is 11.1 Å². The predicted molar refractivity (Wildman–Crippen MR) is 59.8 cm³/mol. The maximum atomic E-state index is 7.50. The Morgan fingerprint density at radius 3 is 3.07 bits per heavy atom. The number of imidazole rings is 1. The Hall–Kier alpha value is -1.88. The van der Waals surface area contributed by atoms with Gasteiger partial charge in [0.1, 0.15) is 5.84 Å². The van der Waals surface area contributed by atoms with Crippen LogP contribution in [0.15, 0.2) is 24.5 Å². The molecule has 5 heteroatoms. The van der Waals surface area contributed by atoms with Gasteiger partial charge in [0.05, 0.1) is 24.0 Å². The highest BCUT2D eigenvalue weighted by atomic mass is 15.1. The van der Waals surface area contributed by atoms with Gasteiger partial charge in [-0.1, -0.05) is 6.07 Å². The summed E-state index contributed by atoms with van der Waals surface area (Å²) in [6.07, 6.45) is 1.74. The molecular formula is C10H13N5. The van der Waals surface area contributed by atoms with Crippen LogP contribution in [0.1, 0.15) is 5.56 Å². The SMILES string of the molecule is CNCn1cnc2cccc(C(=N)N)c21. The zero-order valence-corrected chi connectivity index (χ0v) is 8.49. The van der Waals surface area contributed by atoms with E-state index in [0.717, 1.165) is 16.6 Å². The molecule has 0 atom stereocenters. The summed E-state index contributed by atoms with van der Waals surface area (Å²) in [7, 11) is 1.86. The first-order chi connectivity index (χ1) is 7.24. The molecule has 1 aromatic heterocycles. The quantitative estimate of drug-likeness (QED) is 0.502. The largest absolute Gasteiger partial charge is 0.384 e. The molecule has 0 bridgehead atoms. The molecule has 1 heterocycles. The van der Waals surface area contributed by atoms with Crippen LogP contribution in [-0.4, -0.2) is 22.4 Å². The summed E-state index contributed by atoms with van der Waals surface area (Å²) in [6, 6.07) is 5.60.